The molecule has 0 spiro atoms. The second-order valence-electron chi connectivity index (χ2n) is 4.66. The number of hydrogen-bond acceptors (Lipinski definition) is 3. The molecule has 16 heavy (non-hydrogen) atoms. The van der Waals surface area contributed by atoms with Gasteiger partial charge in [0.05, 0.1) is 6.04 Å². The summed E-state index contributed by atoms with van der Waals surface area (Å²) in [7, 11) is 4.29. The van der Waals surface area contributed by atoms with E-state index in [-0.39, 0.29) is 0 Å². The van der Waals surface area contributed by atoms with Crippen LogP contribution in [-0.4, -0.2) is 39.6 Å². The van der Waals surface area contributed by atoms with Crippen molar-refractivity contribution in [1.82, 2.24) is 19.4 Å². The van der Waals surface area contributed by atoms with Crippen molar-refractivity contribution >= 4 is 11.2 Å². The Kier molecular flexibility index (Phi) is 2.17. The quantitative estimate of drug-likeness (QED) is 0.766. The van der Waals surface area contributed by atoms with Crippen molar-refractivity contribution < 1.29 is 0 Å². The van der Waals surface area contributed by atoms with Gasteiger partial charge < -0.3 is 9.47 Å². The van der Waals surface area contributed by atoms with E-state index in [4.69, 9.17) is 0 Å². The van der Waals surface area contributed by atoms with Crippen LogP contribution in [0.5, 0.6) is 0 Å². The van der Waals surface area contributed by atoms with Crippen LogP contribution in [0.1, 0.15) is 18.9 Å². The van der Waals surface area contributed by atoms with E-state index >= 15 is 0 Å². The van der Waals surface area contributed by atoms with E-state index in [1.807, 2.05) is 6.07 Å². The van der Waals surface area contributed by atoms with E-state index in [0.29, 0.717) is 12.1 Å². The lowest BCUT2D eigenvalue weighted by molar-refractivity contribution is 0.116. The van der Waals surface area contributed by atoms with Gasteiger partial charge >= 0.3 is 0 Å². The molecule has 2 heterocycles. The number of aromatic nitrogens is 3. The van der Waals surface area contributed by atoms with Gasteiger partial charge in [0.25, 0.3) is 0 Å². The zero-order chi connectivity index (χ0) is 11.1. The van der Waals surface area contributed by atoms with E-state index in [0.717, 1.165) is 11.2 Å². The van der Waals surface area contributed by atoms with Crippen molar-refractivity contribution in [3.05, 3.63) is 24.7 Å². The Bertz CT molecular complexity index is 502. The van der Waals surface area contributed by atoms with Crippen LogP contribution in [0.3, 0.4) is 0 Å². The first-order chi connectivity index (χ1) is 7.77. The molecule has 0 amide bonds. The van der Waals surface area contributed by atoms with E-state index in [9.17, 15) is 0 Å². The molecule has 84 valence electrons. The second-order valence-corrected chi connectivity index (χ2v) is 4.66. The molecule has 2 aromatic heterocycles. The number of hydrogen-bond donors (Lipinski definition) is 0. The van der Waals surface area contributed by atoms with E-state index in [2.05, 4.69) is 39.7 Å². The van der Waals surface area contributed by atoms with Crippen molar-refractivity contribution in [3.8, 4) is 0 Å². The van der Waals surface area contributed by atoms with Crippen LogP contribution in [0, 0.1) is 0 Å². The predicted octanol–water partition coefficient (Wildman–Crippen LogP) is 1.70. The highest BCUT2D eigenvalue weighted by atomic mass is 15.2. The lowest BCUT2D eigenvalue weighted by Crippen LogP contribution is -2.44. The Morgan fingerprint density at radius 1 is 1.25 bits per heavy atom. The van der Waals surface area contributed by atoms with Gasteiger partial charge in [-0.3, -0.25) is 4.98 Å². The fourth-order valence-electron chi connectivity index (χ4n) is 2.54. The van der Waals surface area contributed by atoms with E-state index in [1.54, 1.807) is 12.4 Å². The van der Waals surface area contributed by atoms with Crippen LogP contribution in [0.4, 0.5) is 0 Å². The second kappa shape index (κ2) is 3.56. The molecule has 1 aliphatic carbocycles. The van der Waals surface area contributed by atoms with Gasteiger partial charge in [0.15, 0.2) is 5.65 Å². The topological polar surface area (TPSA) is 34.0 Å². The molecule has 2 aromatic rings. The first kappa shape index (κ1) is 9.78. The largest absolute Gasteiger partial charge is 0.327 e. The molecule has 0 saturated heterocycles. The van der Waals surface area contributed by atoms with Crippen molar-refractivity contribution in [2.45, 2.75) is 24.9 Å². The Labute approximate surface area is 94.9 Å². The lowest BCUT2D eigenvalue weighted by Gasteiger charge is -2.42. The maximum absolute atomic E-state index is 4.42. The van der Waals surface area contributed by atoms with Crippen molar-refractivity contribution in [2.75, 3.05) is 14.1 Å². The van der Waals surface area contributed by atoms with Gasteiger partial charge in [-0.1, -0.05) is 0 Å². The maximum Gasteiger partial charge on any atom is 0.158 e. The normalized spacial score (nSPS) is 24.9. The monoisotopic (exact) mass is 216 g/mol. The molecule has 1 saturated carbocycles. The molecule has 0 aliphatic heterocycles. The molecule has 4 nitrogen and oxygen atoms in total. The summed E-state index contributed by atoms with van der Waals surface area (Å²) >= 11 is 0. The van der Waals surface area contributed by atoms with E-state index in [1.165, 1.54) is 12.8 Å². The Morgan fingerprint density at radius 3 is 2.75 bits per heavy atom. The van der Waals surface area contributed by atoms with Crippen LogP contribution in [0.25, 0.3) is 11.2 Å². The summed E-state index contributed by atoms with van der Waals surface area (Å²) in [6.45, 7) is 0. The first-order valence-electron chi connectivity index (χ1n) is 5.71. The average molecular weight is 216 g/mol. The highest BCUT2D eigenvalue weighted by Gasteiger charge is 2.34. The number of nitrogens with zero attached hydrogens (tertiary/aromatic N) is 4. The zero-order valence-electron chi connectivity index (χ0n) is 9.67. The van der Waals surface area contributed by atoms with Gasteiger partial charge in [-0.2, -0.15) is 0 Å². The first-order valence-corrected chi connectivity index (χ1v) is 5.71. The molecule has 4 heteroatoms. The van der Waals surface area contributed by atoms with Gasteiger partial charge in [0.1, 0.15) is 5.52 Å². The molecule has 3 rings (SSSR count). The number of fused-ring (bicyclic) bond motifs is 1. The Hall–Kier alpha value is -1.42. The molecule has 0 aromatic carbocycles. The highest BCUT2D eigenvalue weighted by molar-refractivity contribution is 5.70. The Balaban J connectivity index is 2.00. The van der Waals surface area contributed by atoms with Gasteiger partial charge in [0.2, 0.25) is 0 Å². The smallest absolute Gasteiger partial charge is 0.158 e. The summed E-state index contributed by atoms with van der Waals surface area (Å²) in [5, 5.41) is 0. The molecule has 0 bridgehead atoms. The van der Waals surface area contributed by atoms with Crippen LogP contribution in [0.2, 0.25) is 0 Å². The maximum atomic E-state index is 4.42. The standard InChI is InChI=1S/C12H16N4/c1-15(2)10-3-4-11(10)16-8-5-9-12(16)14-7-6-13-9/h5-8,10-11H,3-4H2,1-2H3. The summed E-state index contributed by atoms with van der Waals surface area (Å²) in [5.41, 5.74) is 2.01. The van der Waals surface area contributed by atoms with Gasteiger partial charge in [-0.25, -0.2) is 4.98 Å². The fourth-order valence-corrected chi connectivity index (χ4v) is 2.54. The van der Waals surface area contributed by atoms with Crippen molar-refractivity contribution in [3.63, 3.8) is 0 Å². The van der Waals surface area contributed by atoms with E-state index < -0.39 is 0 Å². The Morgan fingerprint density at radius 2 is 2.06 bits per heavy atom. The minimum absolute atomic E-state index is 0.559. The minimum Gasteiger partial charge on any atom is -0.327 e. The minimum atomic E-state index is 0.559. The van der Waals surface area contributed by atoms with Crippen molar-refractivity contribution in [1.29, 1.82) is 0 Å². The van der Waals surface area contributed by atoms with Gasteiger partial charge in [-0.05, 0) is 33.0 Å². The molecule has 2 unspecified atom stereocenters. The number of likely N-dealkylation sites (N-methyl/N-ethyl adjacent to an activating group) is 1. The third-order valence-electron chi connectivity index (χ3n) is 3.57. The summed E-state index contributed by atoms with van der Waals surface area (Å²) in [6.07, 6.45) is 8.14. The summed E-state index contributed by atoms with van der Waals surface area (Å²) in [6, 6.07) is 3.25. The molecule has 2 atom stereocenters. The molecule has 1 aliphatic rings. The number of rotatable bonds is 2. The average Bonchev–Trinajstić information content (AvgIpc) is 2.60. The summed E-state index contributed by atoms with van der Waals surface area (Å²) in [5.74, 6) is 0. The molecule has 1 fully saturated rings. The zero-order valence-corrected chi connectivity index (χ0v) is 9.67. The van der Waals surface area contributed by atoms with Crippen LogP contribution in [0.15, 0.2) is 24.7 Å². The van der Waals surface area contributed by atoms with Gasteiger partial charge in [0, 0.05) is 24.6 Å². The van der Waals surface area contributed by atoms with Crippen LogP contribution in [-0.2, 0) is 0 Å². The summed E-state index contributed by atoms with van der Waals surface area (Å²) in [4.78, 5) is 11.0. The third kappa shape index (κ3) is 1.33. The van der Waals surface area contributed by atoms with Crippen molar-refractivity contribution in [2.24, 2.45) is 0 Å². The lowest BCUT2D eigenvalue weighted by atomic mass is 9.85. The summed E-state index contributed by atoms with van der Waals surface area (Å²) < 4.78 is 2.27. The van der Waals surface area contributed by atoms with Crippen LogP contribution < -0.4 is 0 Å². The predicted molar refractivity (Wildman–Crippen MR) is 63.3 cm³/mol. The fraction of sp³-hybridized carbons (Fsp3) is 0.500. The van der Waals surface area contributed by atoms with Crippen LogP contribution >= 0.6 is 0 Å². The molecular formula is C12H16N4. The third-order valence-corrected chi connectivity index (χ3v) is 3.57. The highest BCUT2D eigenvalue weighted by Crippen LogP contribution is 2.36. The van der Waals surface area contributed by atoms with Gasteiger partial charge in [-0.15, -0.1) is 0 Å². The molecule has 0 N–H and O–H groups in total. The molecular weight excluding hydrogens is 200 g/mol. The SMILES string of the molecule is CN(C)C1CCC1n1ccc2nccnc21. The molecule has 0 radical (unpaired) electrons.